The predicted molar refractivity (Wildman–Crippen MR) is 77.6 cm³/mol. The van der Waals surface area contributed by atoms with Gasteiger partial charge >= 0.3 is 0 Å². The molecule has 1 aliphatic heterocycles. The summed E-state index contributed by atoms with van der Waals surface area (Å²) in [6.07, 6.45) is -2.95. The van der Waals surface area contributed by atoms with Crippen LogP contribution in [-0.4, -0.2) is 49.8 Å². The number of benzene rings is 1. The van der Waals surface area contributed by atoms with Gasteiger partial charge in [0.2, 0.25) is 0 Å². The van der Waals surface area contributed by atoms with Crippen LogP contribution >= 0.6 is 23.5 Å². The third kappa shape index (κ3) is 3.43. The van der Waals surface area contributed by atoms with Crippen molar-refractivity contribution < 1.29 is 15.3 Å². The van der Waals surface area contributed by atoms with Gasteiger partial charge in [0.05, 0.1) is 10.7 Å². The normalized spacial score (nSPS) is 31.1. The highest BCUT2D eigenvalue weighted by atomic mass is 32.2. The topological polar surface area (TPSA) is 111 Å². The van der Waals surface area contributed by atoms with Crippen molar-refractivity contribution in [1.82, 2.24) is 0 Å². The fraction of sp³-hybridized carbons (Fsp3) is 0.417. The number of hydrogen-bond acceptors (Lipinski definition) is 6. The number of rotatable bonds is 3. The Morgan fingerprint density at radius 1 is 1.21 bits per heavy atom. The van der Waals surface area contributed by atoms with Gasteiger partial charge in [-0.15, -0.1) is 23.5 Å². The molecule has 0 amide bonds. The average molecular weight is 300 g/mol. The minimum absolute atomic E-state index is 0.0159. The molecule has 0 aromatic heterocycles. The van der Waals surface area contributed by atoms with Crippen LogP contribution in [0.5, 0.6) is 0 Å². The van der Waals surface area contributed by atoms with Gasteiger partial charge in [-0.3, -0.25) is 5.41 Å². The molecule has 0 unspecified atom stereocenters. The molecule has 0 saturated carbocycles. The number of aliphatic hydroxyl groups is 3. The molecule has 0 radical (unpaired) electrons. The van der Waals surface area contributed by atoms with Crippen molar-refractivity contribution in [3.05, 3.63) is 29.8 Å². The summed E-state index contributed by atoms with van der Waals surface area (Å²) in [5, 5.41) is 36.3. The van der Waals surface area contributed by atoms with Crippen LogP contribution in [0.15, 0.2) is 29.2 Å². The maximum atomic E-state index is 9.91. The van der Waals surface area contributed by atoms with E-state index >= 15 is 0 Å². The Balaban J connectivity index is 2.03. The molecule has 0 aliphatic carbocycles. The highest BCUT2D eigenvalue weighted by Gasteiger charge is 2.37. The molecule has 6 N–H and O–H groups in total. The lowest BCUT2D eigenvalue weighted by molar-refractivity contribution is -0.0474. The monoisotopic (exact) mass is 300 g/mol. The first-order valence-corrected chi connectivity index (χ1v) is 7.69. The van der Waals surface area contributed by atoms with E-state index < -0.39 is 18.3 Å². The Morgan fingerprint density at radius 2 is 1.84 bits per heavy atom. The number of nitrogens with two attached hydrogens (primary N) is 1. The molecule has 1 aromatic rings. The minimum Gasteiger partial charge on any atom is -0.389 e. The fourth-order valence-electron chi connectivity index (χ4n) is 1.73. The van der Waals surface area contributed by atoms with Crippen LogP contribution in [0.2, 0.25) is 0 Å². The van der Waals surface area contributed by atoms with Crippen LogP contribution < -0.4 is 5.73 Å². The molecule has 0 bridgehead atoms. The number of aliphatic hydroxyl groups excluding tert-OH is 3. The summed E-state index contributed by atoms with van der Waals surface area (Å²) >= 11 is 2.85. The van der Waals surface area contributed by atoms with Gasteiger partial charge in [0.25, 0.3) is 0 Å². The van der Waals surface area contributed by atoms with E-state index in [9.17, 15) is 15.3 Å². The van der Waals surface area contributed by atoms with E-state index in [1.165, 1.54) is 23.5 Å². The van der Waals surface area contributed by atoms with Gasteiger partial charge in [-0.2, -0.15) is 0 Å². The number of hydrogen-bond donors (Lipinski definition) is 5. The predicted octanol–water partition coefficient (Wildman–Crippen LogP) is 0.218. The van der Waals surface area contributed by atoms with Crippen molar-refractivity contribution >= 4 is 29.4 Å². The SMILES string of the molecule is N=C(N)c1ccc(S[C@H]2SC[C@H](O)[C@H](O)[C@H]2O)cc1. The molecule has 1 saturated heterocycles. The van der Waals surface area contributed by atoms with Gasteiger partial charge in [-0.1, -0.05) is 12.1 Å². The molecular formula is C12H16N2O3S2. The molecule has 5 nitrogen and oxygen atoms in total. The van der Waals surface area contributed by atoms with E-state index in [-0.39, 0.29) is 10.4 Å². The van der Waals surface area contributed by atoms with Gasteiger partial charge in [0.15, 0.2) is 0 Å². The molecule has 0 spiro atoms. The van der Waals surface area contributed by atoms with Crippen LogP contribution in [0.1, 0.15) is 5.56 Å². The number of nitrogen functional groups attached to an aromatic ring is 1. The van der Waals surface area contributed by atoms with Gasteiger partial charge in [0.1, 0.15) is 18.0 Å². The zero-order valence-electron chi connectivity index (χ0n) is 10.1. The van der Waals surface area contributed by atoms with E-state index in [2.05, 4.69) is 0 Å². The van der Waals surface area contributed by atoms with Crippen molar-refractivity contribution in [2.24, 2.45) is 5.73 Å². The van der Waals surface area contributed by atoms with Crippen molar-refractivity contribution in [2.45, 2.75) is 27.8 Å². The van der Waals surface area contributed by atoms with Gasteiger partial charge in [-0.05, 0) is 12.1 Å². The average Bonchev–Trinajstić information content (AvgIpc) is 2.40. The van der Waals surface area contributed by atoms with E-state index in [4.69, 9.17) is 11.1 Å². The summed E-state index contributed by atoms with van der Waals surface area (Å²) in [4.78, 5) is 0.921. The number of amidine groups is 1. The van der Waals surface area contributed by atoms with Crippen LogP contribution in [0, 0.1) is 5.41 Å². The second kappa shape index (κ2) is 6.15. The van der Waals surface area contributed by atoms with Crippen LogP contribution in [-0.2, 0) is 0 Å². The molecule has 104 valence electrons. The molecule has 19 heavy (non-hydrogen) atoms. The van der Waals surface area contributed by atoms with Crippen molar-refractivity contribution in [2.75, 3.05) is 5.75 Å². The highest BCUT2D eigenvalue weighted by molar-refractivity contribution is 8.17. The Bertz CT molecular complexity index is 455. The number of thioether (sulfide) groups is 2. The van der Waals surface area contributed by atoms with E-state index in [0.717, 1.165) is 4.90 Å². The molecule has 1 aromatic carbocycles. The van der Waals surface area contributed by atoms with E-state index in [1.807, 2.05) is 12.1 Å². The highest BCUT2D eigenvalue weighted by Crippen LogP contribution is 2.38. The molecule has 1 fully saturated rings. The second-order valence-corrected chi connectivity index (χ2v) is 6.99. The van der Waals surface area contributed by atoms with E-state index in [0.29, 0.717) is 11.3 Å². The van der Waals surface area contributed by atoms with Crippen molar-refractivity contribution in [3.8, 4) is 0 Å². The lowest BCUT2D eigenvalue weighted by atomic mass is 10.1. The number of nitrogens with one attached hydrogen (secondary N) is 1. The van der Waals surface area contributed by atoms with Crippen LogP contribution in [0.3, 0.4) is 0 Å². The third-order valence-electron chi connectivity index (χ3n) is 2.87. The lowest BCUT2D eigenvalue weighted by Gasteiger charge is -2.34. The zero-order valence-corrected chi connectivity index (χ0v) is 11.7. The summed E-state index contributed by atoms with van der Waals surface area (Å²) in [7, 11) is 0. The Morgan fingerprint density at radius 3 is 2.42 bits per heavy atom. The molecule has 2 rings (SSSR count). The smallest absolute Gasteiger partial charge is 0.122 e. The molecular weight excluding hydrogens is 284 g/mol. The summed E-state index contributed by atoms with van der Waals surface area (Å²) < 4.78 is -0.221. The van der Waals surface area contributed by atoms with Crippen molar-refractivity contribution in [1.29, 1.82) is 5.41 Å². The first kappa shape index (κ1) is 14.7. The maximum absolute atomic E-state index is 9.91. The molecule has 1 heterocycles. The van der Waals surface area contributed by atoms with Gasteiger partial charge < -0.3 is 21.1 Å². The summed E-state index contributed by atoms with van der Waals surface area (Å²) in [5.41, 5.74) is 6.02. The third-order valence-corrected chi connectivity index (χ3v) is 5.77. The first-order valence-electron chi connectivity index (χ1n) is 5.76. The summed E-state index contributed by atoms with van der Waals surface area (Å²) in [5.74, 6) is 0.420. The summed E-state index contributed by atoms with van der Waals surface area (Å²) in [6.45, 7) is 0. The second-order valence-electron chi connectivity index (χ2n) is 4.31. The van der Waals surface area contributed by atoms with Crippen molar-refractivity contribution in [3.63, 3.8) is 0 Å². The van der Waals surface area contributed by atoms with E-state index in [1.54, 1.807) is 12.1 Å². The molecule has 1 aliphatic rings. The fourth-order valence-corrected chi connectivity index (χ4v) is 4.38. The van der Waals surface area contributed by atoms with Gasteiger partial charge in [-0.25, -0.2) is 0 Å². The Labute approximate surface area is 119 Å². The van der Waals surface area contributed by atoms with Crippen LogP contribution in [0.25, 0.3) is 0 Å². The molecule has 4 atom stereocenters. The minimum atomic E-state index is -1.10. The lowest BCUT2D eigenvalue weighted by Crippen LogP contribution is -2.47. The Hall–Kier alpha value is -0.730. The summed E-state index contributed by atoms with van der Waals surface area (Å²) in [6, 6.07) is 7.14. The van der Waals surface area contributed by atoms with Crippen LogP contribution in [0.4, 0.5) is 0 Å². The largest absolute Gasteiger partial charge is 0.389 e. The standard InChI is InChI=1S/C12H16N2O3S2/c13-11(14)6-1-3-7(4-2-6)19-12-10(17)9(16)8(15)5-18-12/h1-4,8-10,12,15-17H,5H2,(H3,13,14)/t8-,9-,10+,12+/m0/s1. The van der Waals surface area contributed by atoms with Gasteiger partial charge in [0, 0.05) is 16.2 Å². The molecule has 7 heteroatoms. The quantitative estimate of drug-likeness (QED) is 0.403. The zero-order chi connectivity index (χ0) is 14.0. The first-order chi connectivity index (χ1) is 8.99. The maximum Gasteiger partial charge on any atom is 0.122 e. The Kier molecular flexibility index (Phi) is 4.75.